The first kappa shape index (κ1) is 18.1. The molecule has 1 fully saturated rings. The van der Waals surface area contributed by atoms with E-state index in [0.717, 1.165) is 11.4 Å². The summed E-state index contributed by atoms with van der Waals surface area (Å²) in [5.41, 5.74) is 7.95. The highest BCUT2D eigenvalue weighted by atomic mass is 32.1. The summed E-state index contributed by atoms with van der Waals surface area (Å²) in [6.07, 6.45) is 7.04. The van der Waals surface area contributed by atoms with Gasteiger partial charge in [-0.25, -0.2) is 4.98 Å². The van der Waals surface area contributed by atoms with E-state index in [1.165, 1.54) is 49.0 Å². The number of aromatic nitrogens is 1. The Morgan fingerprint density at radius 2 is 2.00 bits per heavy atom. The van der Waals surface area contributed by atoms with Gasteiger partial charge in [0.1, 0.15) is 10.7 Å². The van der Waals surface area contributed by atoms with Gasteiger partial charge in [0.15, 0.2) is 0 Å². The number of nitrogens with zero attached hydrogens (tertiary/aromatic N) is 1. The molecule has 2 unspecified atom stereocenters. The van der Waals surface area contributed by atoms with Crippen LogP contribution in [0.15, 0.2) is 35.7 Å². The Hall–Kier alpha value is -1.72. The number of benzene rings is 1. The van der Waals surface area contributed by atoms with Crippen molar-refractivity contribution in [3.05, 3.63) is 52.0 Å². The average molecular weight is 358 g/mol. The first-order chi connectivity index (χ1) is 12.1. The van der Waals surface area contributed by atoms with Crippen molar-refractivity contribution in [3.63, 3.8) is 0 Å². The van der Waals surface area contributed by atoms with E-state index in [-0.39, 0.29) is 18.0 Å². The first-order valence-electron chi connectivity index (χ1n) is 9.19. The van der Waals surface area contributed by atoms with Gasteiger partial charge in [0.05, 0.1) is 6.04 Å². The lowest BCUT2D eigenvalue weighted by molar-refractivity contribution is 0.0914. The van der Waals surface area contributed by atoms with Gasteiger partial charge in [-0.3, -0.25) is 4.79 Å². The van der Waals surface area contributed by atoms with Crippen LogP contribution in [-0.2, 0) is 6.42 Å². The van der Waals surface area contributed by atoms with Gasteiger partial charge >= 0.3 is 0 Å². The van der Waals surface area contributed by atoms with Crippen LogP contribution in [0.25, 0.3) is 0 Å². The van der Waals surface area contributed by atoms with E-state index in [4.69, 9.17) is 5.73 Å². The minimum absolute atomic E-state index is 0.0764. The highest BCUT2D eigenvalue weighted by Crippen LogP contribution is 2.26. The number of nitrogens with one attached hydrogen (secondary N) is 1. The minimum Gasteiger partial charge on any atom is -0.348 e. The smallest absolute Gasteiger partial charge is 0.270 e. The van der Waals surface area contributed by atoms with E-state index in [1.54, 1.807) is 0 Å². The maximum atomic E-state index is 12.5. The predicted molar refractivity (Wildman–Crippen MR) is 103 cm³/mol. The van der Waals surface area contributed by atoms with Crippen LogP contribution in [0, 0.1) is 5.92 Å². The second-order valence-electron chi connectivity index (χ2n) is 7.03. The molecule has 134 valence electrons. The highest BCUT2D eigenvalue weighted by molar-refractivity contribution is 7.09. The van der Waals surface area contributed by atoms with Gasteiger partial charge in [-0.2, -0.15) is 0 Å². The SMILES string of the molecule is CC(NC(=O)c1csc(C(N)Cc2ccccc2)n1)C1CCCCC1. The van der Waals surface area contributed by atoms with Gasteiger partial charge in [0, 0.05) is 11.4 Å². The van der Waals surface area contributed by atoms with Crippen LogP contribution in [0.3, 0.4) is 0 Å². The molecule has 1 saturated carbocycles. The number of hydrogen-bond donors (Lipinski definition) is 2. The third-order valence-electron chi connectivity index (χ3n) is 5.09. The van der Waals surface area contributed by atoms with Crippen molar-refractivity contribution in [1.29, 1.82) is 0 Å². The Morgan fingerprint density at radius 1 is 1.28 bits per heavy atom. The lowest BCUT2D eigenvalue weighted by Gasteiger charge is -2.28. The molecule has 1 aliphatic carbocycles. The number of carbonyl (C=O) groups is 1. The van der Waals surface area contributed by atoms with Crippen LogP contribution >= 0.6 is 11.3 Å². The molecular formula is C20H27N3OS. The van der Waals surface area contributed by atoms with Gasteiger partial charge in [-0.1, -0.05) is 49.6 Å². The fourth-order valence-corrected chi connectivity index (χ4v) is 4.35. The van der Waals surface area contributed by atoms with Gasteiger partial charge in [0.25, 0.3) is 5.91 Å². The van der Waals surface area contributed by atoms with E-state index in [9.17, 15) is 4.79 Å². The normalized spacial score (nSPS) is 17.8. The van der Waals surface area contributed by atoms with Gasteiger partial charge < -0.3 is 11.1 Å². The first-order valence-corrected chi connectivity index (χ1v) is 10.1. The zero-order valence-corrected chi connectivity index (χ0v) is 15.6. The second-order valence-corrected chi connectivity index (χ2v) is 7.92. The quantitative estimate of drug-likeness (QED) is 0.818. The Bertz CT molecular complexity index is 679. The molecule has 0 aliphatic heterocycles. The topological polar surface area (TPSA) is 68.0 Å². The summed E-state index contributed by atoms with van der Waals surface area (Å²) < 4.78 is 0. The number of nitrogens with two attached hydrogens (primary N) is 1. The average Bonchev–Trinajstić information content (AvgIpc) is 3.14. The van der Waals surface area contributed by atoms with Gasteiger partial charge in [-0.05, 0) is 37.7 Å². The molecule has 1 aromatic carbocycles. The monoisotopic (exact) mass is 357 g/mol. The standard InChI is InChI=1S/C20H27N3OS/c1-14(16-10-6-3-7-11-16)22-19(24)18-13-25-20(23-18)17(21)12-15-8-4-2-5-9-15/h2,4-5,8-9,13-14,16-17H,3,6-7,10-12,21H2,1H3,(H,22,24). The zero-order valence-electron chi connectivity index (χ0n) is 14.8. The second kappa shape index (κ2) is 8.59. The summed E-state index contributed by atoms with van der Waals surface area (Å²) in [6, 6.07) is 10.2. The molecule has 2 aromatic rings. The van der Waals surface area contributed by atoms with Crippen LogP contribution in [0.4, 0.5) is 0 Å². The van der Waals surface area contributed by atoms with Crippen molar-refractivity contribution < 1.29 is 4.79 Å². The Kier molecular flexibility index (Phi) is 6.21. The highest BCUT2D eigenvalue weighted by Gasteiger charge is 2.23. The van der Waals surface area contributed by atoms with E-state index < -0.39 is 0 Å². The molecule has 5 heteroatoms. The van der Waals surface area contributed by atoms with Crippen LogP contribution in [0.2, 0.25) is 0 Å². The van der Waals surface area contributed by atoms with Gasteiger partial charge in [-0.15, -0.1) is 11.3 Å². The predicted octanol–water partition coefficient (Wildman–Crippen LogP) is 4.08. The van der Waals surface area contributed by atoms with E-state index in [1.807, 2.05) is 23.6 Å². The van der Waals surface area contributed by atoms with Crippen molar-refractivity contribution in [2.45, 2.75) is 57.5 Å². The summed E-state index contributed by atoms with van der Waals surface area (Å²) in [4.78, 5) is 17.0. The Balaban J connectivity index is 1.57. The summed E-state index contributed by atoms with van der Waals surface area (Å²) >= 11 is 1.47. The summed E-state index contributed by atoms with van der Waals surface area (Å²) in [7, 11) is 0. The number of carbonyl (C=O) groups excluding carboxylic acids is 1. The fourth-order valence-electron chi connectivity index (χ4n) is 3.55. The molecule has 3 rings (SSSR count). The molecule has 25 heavy (non-hydrogen) atoms. The Morgan fingerprint density at radius 3 is 2.72 bits per heavy atom. The number of amides is 1. The van der Waals surface area contributed by atoms with E-state index in [0.29, 0.717) is 11.6 Å². The number of thiazole rings is 1. The molecule has 2 atom stereocenters. The molecule has 1 amide bonds. The van der Waals surface area contributed by atoms with Gasteiger partial charge in [0.2, 0.25) is 0 Å². The van der Waals surface area contributed by atoms with Crippen LogP contribution in [-0.4, -0.2) is 16.9 Å². The Labute approximate surface area is 153 Å². The summed E-state index contributed by atoms with van der Waals surface area (Å²) in [5, 5.41) is 5.77. The lowest BCUT2D eigenvalue weighted by Crippen LogP contribution is -2.39. The molecule has 0 saturated heterocycles. The molecular weight excluding hydrogens is 330 g/mol. The molecule has 0 bridgehead atoms. The largest absolute Gasteiger partial charge is 0.348 e. The third-order valence-corrected chi connectivity index (χ3v) is 6.06. The van der Waals surface area contributed by atoms with Crippen LogP contribution in [0.1, 0.15) is 66.1 Å². The van der Waals surface area contributed by atoms with Crippen molar-refractivity contribution >= 4 is 17.2 Å². The molecule has 1 aromatic heterocycles. The molecule has 1 heterocycles. The number of rotatable bonds is 6. The van der Waals surface area contributed by atoms with Crippen molar-refractivity contribution in [2.75, 3.05) is 0 Å². The molecule has 3 N–H and O–H groups in total. The zero-order chi connectivity index (χ0) is 17.6. The van der Waals surface area contributed by atoms with Crippen LogP contribution in [0.5, 0.6) is 0 Å². The number of hydrogen-bond acceptors (Lipinski definition) is 4. The molecule has 0 radical (unpaired) electrons. The molecule has 4 nitrogen and oxygen atoms in total. The van der Waals surface area contributed by atoms with Crippen molar-refractivity contribution in [1.82, 2.24) is 10.3 Å². The van der Waals surface area contributed by atoms with Crippen molar-refractivity contribution in [2.24, 2.45) is 11.7 Å². The third kappa shape index (κ3) is 4.89. The lowest BCUT2D eigenvalue weighted by atomic mass is 9.84. The maximum Gasteiger partial charge on any atom is 0.270 e. The van der Waals surface area contributed by atoms with Crippen LogP contribution < -0.4 is 11.1 Å². The summed E-state index contributed by atoms with van der Waals surface area (Å²) in [5.74, 6) is 0.517. The maximum absolute atomic E-state index is 12.5. The van der Waals surface area contributed by atoms with Crippen molar-refractivity contribution in [3.8, 4) is 0 Å². The minimum atomic E-state index is -0.176. The summed E-state index contributed by atoms with van der Waals surface area (Å²) in [6.45, 7) is 2.11. The van der Waals surface area contributed by atoms with E-state index >= 15 is 0 Å². The molecule has 1 aliphatic rings. The molecule has 0 spiro atoms. The van der Waals surface area contributed by atoms with E-state index in [2.05, 4.69) is 29.4 Å². The fraction of sp³-hybridized carbons (Fsp3) is 0.500.